The molecule has 1 fully saturated rings. The number of hydrogen-bond donors (Lipinski definition) is 0. The number of aromatic nitrogens is 1. The molecule has 0 aliphatic carbocycles. The third-order valence-corrected chi connectivity index (χ3v) is 9.35. The molecule has 1 saturated heterocycles. The lowest BCUT2D eigenvalue weighted by Crippen LogP contribution is -2.48. The SMILES string of the molecule is C=CCN(CC=C)S(=O)(=O)c1ccc(C(=O)N2CCN(c3nc4c(C)ccc(Cl)c4s3)CC2)cc1. The number of rotatable bonds is 8. The molecule has 0 saturated carbocycles. The van der Waals surface area contributed by atoms with E-state index in [-0.39, 0.29) is 23.9 Å². The number of sulfonamides is 1. The highest BCUT2D eigenvalue weighted by Gasteiger charge is 2.26. The summed E-state index contributed by atoms with van der Waals surface area (Å²) in [5.41, 5.74) is 2.47. The van der Waals surface area contributed by atoms with Crippen LogP contribution >= 0.6 is 22.9 Å². The standard InChI is InChI=1S/C25H27ClN4O3S2/c1-4-12-30(13-5-2)35(32,33)20-9-7-19(8-10-20)24(31)28-14-16-29(17-15-28)25-27-22-18(3)6-11-21(26)23(22)34-25/h4-11H,1-2,12-17H2,3H3. The van der Waals surface area contributed by atoms with Crippen molar-refractivity contribution in [3.05, 3.63) is 77.9 Å². The average Bonchev–Trinajstić information content (AvgIpc) is 3.33. The monoisotopic (exact) mass is 530 g/mol. The van der Waals surface area contributed by atoms with Crippen LogP contribution in [0, 0.1) is 6.92 Å². The Morgan fingerprint density at radius 1 is 1.09 bits per heavy atom. The maximum Gasteiger partial charge on any atom is 0.253 e. The smallest absolute Gasteiger partial charge is 0.253 e. The minimum Gasteiger partial charge on any atom is -0.345 e. The second-order valence-electron chi connectivity index (χ2n) is 8.24. The van der Waals surface area contributed by atoms with Crippen LogP contribution in [0.25, 0.3) is 10.2 Å². The molecule has 2 heterocycles. The molecule has 10 heteroatoms. The van der Waals surface area contributed by atoms with Crippen LogP contribution in [0.1, 0.15) is 15.9 Å². The van der Waals surface area contributed by atoms with Gasteiger partial charge >= 0.3 is 0 Å². The molecule has 0 N–H and O–H groups in total. The maximum atomic E-state index is 13.1. The molecular weight excluding hydrogens is 504 g/mol. The van der Waals surface area contributed by atoms with Gasteiger partial charge in [-0.3, -0.25) is 4.79 Å². The lowest BCUT2D eigenvalue weighted by molar-refractivity contribution is 0.0746. The van der Waals surface area contributed by atoms with Crippen molar-refractivity contribution in [2.45, 2.75) is 11.8 Å². The number of carbonyl (C=O) groups is 1. The first-order valence-electron chi connectivity index (χ1n) is 11.2. The fourth-order valence-electron chi connectivity index (χ4n) is 3.99. The second-order valence-corrected chi connectivity index (χ2v) is 11.6. The van der Waals surface area contributed by atoms with Gasteiger partial charge < -0.3 is 9.80 Å². The summed E-state index contributed by atoms with van der Waals surface area (Å²) < 4.78 is 28.0. The number of carbonyl (C=O) groups excluding carboxylic acids is 1. The number of fused-ring (bicyclic) bond motifs is 1. The van der Waals surface area contributed by atoms with Crippen LogP contribution in [0.2, 0.25) is 5.02 Å². The molecule has 0 unspecified atom stereocenters. The van der Waals surface area contributed by atoms with E-state index >= 15 is 0 Å². The highest BCUT2D eigenvalue weighted by molar-refractivity contribution is 7.89. The topological polar surface area (TPSA) is 73.8 Å². The number of aryl methyl sites for hydroxylation is 1. The summed E-state index contributed by atoms with van der Waals surface area (Å²) in [5.74, 6) is -0.120. The molecule has 1 aliphatic heterocycles. The predicted molar refractivity (Wildman–Crippen MR) is 143 cm³/mol. The molecule has 3 aromatic rings. The molecule has 1 aliphatic rings. The van der Waals surface area contributed by atoms with Crippen LogP contribution in [0.5, 0.6) is 0 Å². The van der Waals surface area contributed by atoms with E-state index in [9.17, 15) is 13.2 Å². The van der Waals surface area contributed by atoms with Gasteiger partial charge in [-0.15, -0.1) is 13.2 Å². The summed E-state index contributed by atoms with van der Waals surface area (Å²) in [6.07, 6.45) is 3.06. The number of thiazole rings is 1. The Bertz CT molecular complexity index is 1310. The minimum absolute atomic E-state index is 0.120. The Morgan fingerprint density at radius 3 is 2.29 bits per heavy atom. The van der Waals surface area contributed by atoms with Gasteiger partial charge in [0.2, 0.25) is 10.0 Å². The molecule has 0 bridgehead atoms. The third kappa shape index (κ3) is 5.13. The summed E-state index contributed by atoms with van der Waals surface area (Å²) in [4.78, 5) is 21.9. The average molecular weight is 531 g/mol. The zero-order chi connectivity index (χ0) is 25.2. The largest absolute Gasteiger partial charge is 0.345 e. The molecule has 1 amide bonds. The molecular formula is C25H27ClN4O3S2. The van der Waals surface area contributed by atoms with E-state index in [0.717, 1.165) is 20.9 Å². The summed E-state index contributed by atoms with van der Waals surface area (Å²) in [6, 6.07) is 9.96. The van der Waals surface area contributed by atoms with Crippen molar-refractivity contribution in [2.75, 3.05) is 44.2 Å². The van der Waals surface area contributed by atoms with E-state index in [1.54, 1.807) is 28.4 Å². The number of benzene rings is 2. The van der Waals surface area contributed by atoms with Gasteiger partial charge in [0.25, 0.3) is 5.91 Å². The highest BCUT2D eigenvalue weighted by atomic mass is 35.5. The van der Waals surface area contributed by atoms with Gasteiger partial charge in [-0.25, -0.2) is 13.4 Å². The van der Waals surface area contributed by atoms with Crippen molar-refractivity contribution in [2.24, 2.45) is 0 Å². The Labute approximate surface area is 215 Å². The van der Waals surface area contributed by atoms with Crippen LogP contribution in [-0.2, 0) is 10.0 Å². The molecule has 0 radical (unpaired) electrons. The van der Waals surface area contributed by atoms with Gasteiger partial charge in [-0.2, -0.15) is 4.31 Å². The van der Waals surface area contributed by atoms with Crippen LogP contribution < -0.4 is 4.90 Å². The first-order chi connectivity index (χ1) is 16.8. The van der Waals surface area contributed by atoms with Crippen molar-refractivity contribution in [3.63, 3.8) is 0 Å². The van der Waals surface area contributed by atoms with Gasteiger partial charge in [0.1, 0.15) is 0 Å². The quantitative estimate of drug-likeness (QED) is 0.398. The molecule has 2 aromatic carbocycles. The molecule has 7 nitrogen and oxygen atoms in total. The fourth-order valence-corrected chi connectivity index (χ4v) is 6.74. The molecule has 1 aromatic heterocycles. The van der Waals surface area contributed by atoms with Crippen molar-refractivity contribution < 1.29 is 13.2 Å². The highest BCUT2D eigenvalue weighted by Crippen LogP contribution is 2.36. The van der Waals surface area contributed by atoms with Gasteiger partial charge in [0.05, 0.1) is 20.1 Å². The number of halogens is 1. The van der Waals surface area contributed by atoms with Gasteiger partial charge in [-0.05, 0) is 42.8 Å². The summed E-state index contributed by atoms with van der Waals surface area (Å²) >= 11 is 7.92. The molecule has 0 atom stereocenters. The molecule has 35 heavy (non-hydrogen) atoms. The normalized spacial score (nSPS) is 14.5. The Morgan fingerprint density at radius 2 is 1.71 bits per heavy atom. The van der Waals surface area contributed by atoms with Gasteiger partial charge in [-0.1, -0.05) is 41.2 Å². The number of hydrogen-bond acceptors (Lipinski definition) is 6. The van der Waals surface area contributed by atoms with Crippen molar-refractivity contribution in [1.82, 2.24) is 14.2 Å². The molecule has 4 rings (SSSR count). The van der Waals surface area contributed by atoms with E-state index in [4.69, 9.17) is 16.6 Å². The van der Waals surface area contributed by atoms with E-state index < -0.39 is 10.0 Å². The summed E-state index contributed by atoms with van der Waals surface area (Å²) in [6.45, 7) is 12.0. The third-order valence-electron chi connectivity index (χ3n) is 5.93. The van der Waals surface area contributed by atoms with E-state index in [0.29, 0.717) is 36.8 Å². The summed E-state index contributed by atoms with van der Waals surface area (Å²) in [7, 11) is -3.70. The predicted octanol–water partition coefficient (Wildman–Crippen LogP) is 4.58. The van der Waals surface area contributed by atoms with Crippen LogP contribution in [0.15, 0.2) is 66.6 Å². The zero-order valence-electron chi connectivity index (χ0n) is 19.5. The van der Waals surface area contributed by atoms with Crippen LogP contribution in [0.3, 0.4) is 0 Å². The fraction of sp³-hybridized carbons (Fsp3) is 0.280. The van der Waals surface area contributed by atoms with Gasteiger partial charge in [0, 0.05) is 44.8 Å². The Hall–Kier alpha value is -2.72. The number of nitrogens with zero attached hydrogens (tertiary/aromatic N) is 4. The molecule has 184 valence electrons. The van der Waals surface area contributed by atoms with Crippen molar-refractivity contribution >= 4 is 54.2 Å². The first-order valence-corrected chi connectivity index (χ1v) is 13.8. The maximum absolute atomic E-state index is 13.1. The van der Waals surface area contributed by atoms with Crippen LogP contribution in [-0.4, -0.2) is 67.8 Å². The number of anilines is 1. The lowest BCUT2D eigenvalue weighted by Gasteiger charge is -2.34. The first kappa shape index (κ1) is 25.4. The van der Waals surface area contributed by atoms with E-state index in [1.807, 2.05) is 19.1 Å². The van der Waals surface area contributed by atoms with Gasteiger partial charge in [0.15, 0.2) is 5.13 Å². The summed E-state index contributed by atoms with van der Waals surface area (Å²) in [5, 5.41) is 1.60. The Kier molecular flexibility index (Phi) is 7.61. The van der Waals surface area contributed by atoms with Crippen molar-refractivity contribution in [3.8, 4) is 0 Å². The minimum atomic E-state index is -3.70. The van der Waals surface area contributed by atoms with Crippen molar-refractivity contribution in [1.29, 1.82) is 0 Å². The Balaban J connectivity index is 1.43. The molecule has 0 spiro atoms. The van der Waals surface area contributed by atoms with E-state index in [1.165, 1.54) is 28.6 Å². The number of piperazine rings is 1. The number of amides is 1. The lowest BCUT2D eigenvalue weighted by atomic mass is 10.2. The van der Waals surface area contributed by atoms with E-state index in [2.05, 4.69) is 18.1 Å². The zero-order valence-corrected chi connectivity index (χ0v) is 21.9. The van der Waals surface area contributed by atoms with Crippen LogP contribution in [0.4, 0.5) is 5.13 Å². The second kappa shape index (κ2) is 10.5.